The molecule has 0 aromatic heterocycles. The van der Waals surface area contributed by atoms with Crippen molar-refractivity contribution in [2.24, 2.45) is 5.11 Å². The third-order valence-corrected chi connectivity index (χ3v) is 4.79. The second-order valence-corrected chi connectivity index (χ2v) is 6.17. The van der Waals surface area contributed by atoms with Gasteiger partial charge in [0.1, 0.15) is 0 Å². The number of para-hydroxylation sites is 4. The molecule has 24 heavy (non-hydrogen) atoms. The molecule has 0 saturated heterocycles. The van der Waals surface area contributed by atoms with Crippen molar-refractivity contribution in [1.82, 2.24) is 0 Å². The zero-order valence-corrected chi connectivity index (χ0v) is 13.1. The third-order valence-electron chi connectivity index (χ3n) is 4.79. The van der Waals surface area contributed by atoms with E-state index in [1.165, 1.54) is 0 Å². The lowest BCUT2D eigenvalue weighted by Gasteiger charge is -2.44. The van der Waals surface area contributed by atoms with E-state index in [-0.39, 0.29) is 6.04 Å². The zero-order chi connectivity index (χ0) is 16.5. The summed E-state index contributed by atoms with van der Waals surface area (Å²) < 4.78 is 6.00. The van der Waals surface area contributed by atoms with Crippen LogP contribution in [-0.4, -0.2) is 23.3 Å². The topological polar surface area (TPSA) is 81.5 Å². The van der Waals surface area contributed by atoms with Crippen molar-refractivity contribution in [3.8, 4) is 11.5 Å². The SMILES string of the molecule is [N-]=[N+]=N[C@@H]1CCCC(N2c3ccccc3Oc3ccccc32)[C@H]1O. The normalized spacial score (nSPS) is 25.0. The van der Waals surface area contributed by atoms with Gasteiger partial charge in [-0.1, -0.05) is 35.8 Å². The van der Waals surface area contributed by atoms with Gasteiger partial charge in [-0.15, -0.1) is 0 Å². The van der Waals surface area contributed by atoms with Gasteiger partial charge in [0.15, 0.2) is 11.5 Å². The van der Waals surface area contributed by atoms with Gasteiger partial charge in [-0.05, 0) is 42.6 Å². The molecular formula is C18H18N4O2. The number of aliphatic hydroxyl groups excluding tert-OH is 1. The highest BCUT2D eigenvalue weighted by Crippen LogP contribution is 2.49. The molecule has 122 valence electrons. The molecule has 2 aliphatic rings. The van der Waals surface area contributed by atoms with Crippen LogP contribution in [0.25, 0.3) is 10.4 Å². The number of aliphatic hydroxyl groups is 1. The number of hydrogen-bond acceptors (Lipinski definition) is 4. The van der Waals surface area contributed by atoms with Crippen LogP contribution in [0, 0.1) is 0 Å². The van der Waals surface area contributed by atoms with Gasteiger partial charge in [0.05, 0.1) is 29.6 Å². The number of hydrogen-bond donors (Lipinski definition) is 1. The lowest BCUT2D eigenvalue weighted by Crippen LogP contribution is -2.49. The molecule has 1 saturated carbocycles. The van der Waals surface area contributed by atoms with Gasteiger partial charge in [-0.3, -0.25) is 0 Å². The van der Waals surface area contributed by atoms with Crippen LogP contribution in [0.4, 0.5) is 11.4 Å². The predicted molar refractivity (Wildman–Crippen MR) is 91.7 cm³/mol. The molecule has 0 amide bonds. The van der Waals surface area contributed by atoms with E-state index in [0.717, 1.165) is 42.1 Å². The van der Waals surface area contributed by atoms with E-state index in [0.29, 0.717) is 0 Å². The van der Waals surface area contributed by atoms with Crippen molar-refractivity contribution in [2.75, 3.05) is 4.90 Å². The van der Waals surface area contributed by atoms with Crippen LogP contribution < -0.4 is 9.64 Å². The molecule has 1 fully saturated rings. The van der Waals surface area contributed by atoms with Crippen LogP contribution in [0.1, 0.15) is 19.3 Å². The first-order valence-corrected chi connectivity index (χ1v) is 8.17. The van der Waals surface area contributed by atoms with Gasteiger partial charge in [0, 0.05) is 4.91 Å². The summed E-state index contributed by atoms with van der Waals surface area (Å²) >= 11 is 0. The number of anilines is 2. The summed E-state index contributed by atoms with van der Waals surface area (Å²) in [4.78, 5) is 5.04. The predicted octanol–water partition coefficient (Wildman–Crippen LogP) is 4.52. The fourth-order valence-electron chi connectivity index (χ4n) is 3.70. The number of ether oxygens (including phenoxy) is 1. The van der Waals surface area contributed by atoms with E-state index in [9.17, 15) is 5.11 Å². The minimum atomic E-state index is -0.714. The summed E-state index contributed by atoms with van der Waals surface area (Å²) in [5.41, 5.74) is 10.6. The van der Waals surface area contributed by atoms with Crippen molar-refractivity contribution in [1.29, 1.82) is 0 Å². The fraction of sp³-hybridized carbons (Fsp3) is 0.333. The minimum Gasteiger partial charge on any atom is -0.453 e. The Kier molecular flexibility index (Phi) is 3.76. The Morgan fingerprint density at radius 1 is 1.04 bits per heavy atom. The Hall–Kier alpha value is -2.69. The Balaban J connectivity index is 1.81. The molecule has 1 unspecified atom stereocenters. The number of azide groups is 1. The standard InChI is InChI=1S/C18H18N4O2/c19-21-20-12-6-5-9-15(18(12)23)22-13-7-1-3-10-16(13)24-17-11-4-2-8-14(17)22/h1-4,7-8,10-12,15,18,23H,5-6,9H2/t12-,15?,18+/m1/s1. The molecular weight excluding hydrogens is 304 g/mol. The first kappa shape index (κ1) is 14.9. The molecule has 0 radical (unpaired) electrons. The lowest BCUT2D eigenvalue weighted by molar-refractivity contribution is 0.0874. The van der Waals surface area contributed by atoms with Crippen LogP contribution in [0.15, 0.2) is 53.6 Å². The molecule has 6 heteroatoms. The largest absolute Gasteiger partial charge is 0.453 e. The van der Waals surface area contributed by atoms with E-state index >= 15 is 0 Å². The maximum absolute atomic E-state index is 10.8. The van der Waals surface area contributed by atoms with Crippen molar-refractivity contribution in [3.05, 3.63) is 59.0 Å². The number of nitrogens with zero attached hydrogens (tertiary/aromatic N) is 4. The first-order chi connectivity index (χ1) is 11.8. The molecule has 4 rings (SSSR count). The number of fused-ring (bicyclic) bond motifs is 2. The maximum atomic E-state index is 10.8. The van der Waals surface area contributed by atoms with Gasteiger partial charge in [-0.2, -0.15) is 0 Å². The maximum Gasteiger partial charge on any atom is 0.151 e. The Bertz CT molecular complexity index is 758. The molecule has 0 spiro atoms. The third kappa shape index (κ3) is 2.37. The van der Waals surface area contributed by atoms with Gasteiger partial charge in [-0.25, -0.2) is 0 Å². The molecule has 2 aromatic rings. The van der Waals surface area contributed by atoms with E-state index in [2.05, 4.69) is 14.9 Å². The summed E-state index contributed by atoms with van der Waals surface area (Å²) in [5, 5.41) is 14.6. The fourth-order valence-corrected chi connectivity index (χ4v) is 3.70. The Labute approximate surface area is 139 Å². The van der Waals surface area contributed by atoms with E-state index < -0.39 is 12.1 Å². The van der Waals surface area contributed by atoms with Crippen LogP contribution in [0.2, 0.25) is 0 Å². The highest BCUT2D eigenvalue weighted by molar-refractivity contribution is 5.78. The smallest absolute Gasteiger partial charge is 0.151 e. The average molecular weight is 322 g/mol. The Morgan fingerprint density at radius 3 is 2.29 bits per heavy atom. The van der Waals surface area contributed by atoms with Crippen LogP contribution >= 0.6 is 0 Å². The van der Waals surface area contributed by atoms with Crippen LogP contribution in [0.5, 0.6) is 11.5 Å². The van der Waals surface area contributed by atoms with Gasteiger partial charge < -0.3 is 14.7 Å². The molecule has 2 aromatic carbocycles. The van der Waals surface area contributed by atoms with E-state index in [1.807, 2.05) is 48.5 Å². The minimum absolute atomic E-state index is 0.152. The molecule has 1 aliphatic carbocycles. The average Bonchev–Trinajstić information content (AvgIpc) is 2.62. The molecule has 3 atom stereocenters. The number of rotatable bonds is 2. The van der Waals surface area contributed by atoms with Gasteiger partial charge in [0.2, 0.25) is 0 Å². The molecule has 1 heterocycles. The lowest BCUT2D eigenvalue weighted by atomic mass is 9.86. The van der Waals surface area contributed by atoms with Crippen molar-refractivity contribution >= 4 is 11.4 Å². The molecule has 1 N–H and O–H groups in total. The summed E-state index contributed by atoms with van der Waals surface area (Å²) in [7, 11) is 0. The van der Waals surface area contributed by atoms with Crippen molar-refractivity contribution < 1.29 is 9.84 Å². The summed E-state index contributed by atoms with van der Waals surface area (Å²) in [6.45, 7) is 0. The molecule has 1 aliphatic heterocycles. The van der Waals surface area contributed by atoms with E-state index in [4.69, 9.17) is 10.3 Å². The summed E-state index contributed by atoms with van der Waals surface area (Å²) in [6, 6.07) is 15.1. The zero-order valence-electron chi connectivity index (χ0n) is 13.1. The van der Waals surface area contributed by atoms with Gasteiger partial charge >= 0.3 is 0 Å². The highest BCUT2D eigenvalue weighted by atomic mass is 16.5. The van der Waals surface area contributed by atoms with Crippen LogP contribution in [-0.2, 0) is 0 Å². The van der Waals surface area contributed by atoms with E-state index in [1.54, 1.807) is 0 Å². The second-order valence-electron chi connectivity index (χ2n) is 6.17. The highest BCUT2D eigenvalue weighted by Gasteiger charge is 2.39. The first-order valence-electron chi connectivity index (χ1n) is 8.17. The molecule has 0 bridgehead atoms. The quantitative estimate of drug-likeness (QED) is 0.501. The monoisotopic (exact) mass is 322 g/mol. The van der Waals surface area contributed by atoms with Gasteiger partial charge in [0.25, 0.3) is 0 Å². The number of benzene rings is 2. The molecule has 6 nitrogen and oxygen atoms in total. The second kappa shape index (κ2) is 6.07. The summed E-state index contributed by atoms with van der Waals surface area (Å²) in [5.74, 6) is 1.55. The van der Waals surface area contributed by atoms with Crippen LogP contribution in [0.3, 0.4) is 0 Å². The summed E-state index contributed by atoms with van der Waals surface area (Å²) in [6.07, 6.45) is 1.75. The van der Waals surface area contributed by atoms with Crippen molar-refractivity contribution in [3.63, 3.8) is 0 Å². The Morgan fingerprint density at radius 2 is 1.67 bits per heavy atom. The van der Waals surface area contributed by atoms with Crippen molar-refractivity contribution in [2.45, 2.75) is 37.5 Å².